The number of hydrogen-bond donors (Lipinski definition) is 1. The number of aromatic nitrogens is 2. The summed E-state index contributed by atoms with van der Waals surface area (Å²) in [5, 5.41) is 7.28. The van der Waals surface area contributed by atoms with Gasteiger partial charge < -0.3 is 10.1 Å². The molecule has 0 aliphatic carbocycles. The molecule has 0 saturated heterocycles. The van der Waals surface area contributed by atoms with Crippen LogP contribution >= 0.6 is 0 Å². The molecule has 1 amide bonds. The number of nitrogens with one attached hydrogen (secondary N) is 1. The highest BCUT2D eigenvalue weighted by molar-refractivity contribution is 5.93. The Morgan fingerprint density at radius 1 is 1.07 bits per heavy atom. The lowest BCUT2D eigenvalue weighted by molar-refractivity contribution is -0.119. The van der Waals surface area contributed by atoms with Gasteiger partial charge in [-0.15, -0.1) is 0 Å². The van der Waals surface area contributed by atoms with Gasteiger partial charge in [-0.25, -0.2) is 4.68 Å². The third-order valence-electron chi connectivity index (χ3n) is 4.96. The predicted octanol–water partition coefficient (Wildman–Crippen LogP) is 4.42. The number of benzene rings is 2. The maximum absolute atomic E-state index is 12.8. The van der Waals surface area contributed by atoms with Gasteiger partial charge in [0.25, 0.3) is 5.56 Å². The van der Waals surface area contributed by atoms with Gasteiger partial charge in [0, 0.05) is 17.3 Å². The molecule has 6 nitrogen and oxygen atoms in total. The molecule has 0 spiro atoms. The van der Waals surface area contributed by atoms with Crippen LogP contribution in [-0.4, -0.2) is 22.8 Å². The number of nitrogens with zero attached hydrogens (tertiary/aromatic N) is 2. The third kappa shape index (κ3) is 4.76. The van der Waals surface area contributed by atoms with Crippen LogP contribution in [0.3, 0.4) is 0 Å². The summed E-state index contributed by atoms with van der Waals surface area (Å²) in [5.74, 6) is 0.382. The number of hydrogen-bond acceptors (Lipinski definition) is 4. The van der Waals surface area contributed by atoms with Crippen LogP contribution in [0.2, 0.25) is 0 Å². The molecular formula is C24H27N3O3. The van der Waals surface area contributed by atoms with E-state index in [0.717, 1.165) is 5.56 Å². The number of methoxy groups -OCH3 is 1. The van der Waals surface area contributed by atoms with Crippen molar-refractivity contribution in [1.29, 1.82) is 0 Å². The van der Waals surface area contributed by atoms with Gasteiger partial charge in [-0.1, -0.05) is 45.0 Å². The molecule has 3 rings (SSSR count). The molecule has 0 aliphatic rings. The molecule has 156 valence electrons. The molecule has 30 heavy (non-hydrogen) atoms. The Morgan fingerprint density at radius 2 is 1.77 bits per heavy atom. The van der Waals surface area contributed by atoms with Crippen molar-refractivity contribution in [3.05, 3.63) is 76.6 Å². The van der Waals surface area contributed by atoms with E-state index in [2.05, 4.69) is 31.2 Å². The van der Waals surface area contributed by atoms with Crippen molar-refractivity contribution in [3.63, 3.8) is 0 Å². The summed E-state index contributed by atoms with van der Waals surface area (Å²) in [4.78, 5) is 25.1. The van der Waals surface area contributed by atoms with E-state index >= 15 is 0 Å². The Kier molecular flexibility index (Phi) is 6.06. The van der Waals surface area contributed by atoms with Crippen LogP contribution in [0.15, 0.2) is 65.5 Å². The number of rotatable bonds is 5. The van der Waals surface area contributed by atoms with E-state index in [4.69, 9.17) is 4.74 Å². The lowest BCUT2D eigenvalue weighted by Crippen LogP contribution is -2.33. The van der Waals surface area contributed by atoms with E-state index < -0.39 is 6.04 Å². The van der Waals surface area contributed by atoms with Crippen molar-refractivity contribution in [2.45, 2.75) is 39.2 Å². The standard InChI is InChI=1S/C24H27N3O3/c1-16(23(29)25-19-11-9-18(10-12-19)24(2,3)4)27-22(28)14-13-21(26-27)17-7-6-8-20(15-17)30-5/h6-16H,1-5H3,(H,25,29). The maximum atomic E-state index is 12.8. The van der Waals surface area contributed by atoms with Crippen LogP contribution in [-0.2, 0) is 10.2 Å². The molecule has 1 N–H and O–H groups in total. The molecule has 1 unspecified atom stereocenters. The minimum atomic E-state index is -0.773. The van der Waals surface area contributed by atoms with Crippen LogP contribution in [0, 0.1) is 0 Å². The first-order chi connectivity index (χ1) is 14.2. The Labute approximate surface area is 176 Å². The highest BCUT2D eigenvalue weighted by Crippen LogP contribution is 2.24. The average Bonchev–Trinajstić information content (AvgIpc) is 2.73. The van der Waals surface area contributed by atoms with Gasteiger partial charge in [-0.2, -0.15) is 5.10 Å². The number of carbonyl (C=O) groups excluding carboxylic acids is 1. The van der Waals surface area contributed by atoms with Crippen molar-refractivity contribution >= 4 is 11.6 Å². The Bertz CT molecular complexity index is 1100. The molecule has 1 heterocycles. The molecule has 0 fully saturated rings. The first kappa shape index (κ1) is 21.3. The molecule has 1 atom stereocenters. The largest absolute Gasteiger partial charge is 0.497 e. The predicted molar refractivity (Wildman–Crippen MR) is 119 cm³/mol. The monoisotopic (exact) mass is 405 g/mol. The van der Waals surface area contributed by atoms with Crippen molar-refractivity contribution in [2.24, 2.45) is 0 Å². The second-order valence-corrected chi connectivity index (χ2v) is 8.23. The molecule has 0 aliphatic heterocycles. The highest BCUT2D eigenvalue weighted by atomic mass is 16.5. The summed E-state index contributed by atoms with van der Waals surface area (Å²) in [6, 6.07) is 17.4. The van der Waals surface area contributed by atoms with Gasteiger partial charge in [-0.05, 0) is 48.2 Å². The number of amides is 1. The summed E-state index contributed by atoms with van der Waals surface area (Å²) in [5.41, 5.74) is 2.94. The highest BCUT2D eigenvalue weighted by Gasteiger charge is 2.19. The first-order valence-electron chi connectivity index (χ1n) is 9.85. The fraction of sp³-hybridized carbons (Fsp3) is 0.292. The smallest absolute Gasteiger partial charge is 0.267 e. The fourth-order valence-corrected chi connectivity index (χ4v) is 3.05. The van der Waals surface area contributed by atoms with E-state index in [0.29, 0.717) is 17.1 Å². The summed E-state index contributed by atoms with van der Waals surface area (Å²) in [6.45, 7) is 8.06. The van der Waals surface area contributed by atoms with Crippen molar-refractivity contribution in [3.8, 4) is 17.0 Å². The van der Waals surface area contributed by atoms with E-state index in [1.807, 2.05) is 48.5 Å². The first-order valence-corrected chi connectivity index (χ1v) is 9.85. The molecular weight excluding hydrogens is 378 g/mol. The minimum Gasteiger partial charge on any atom is -0.497 e. The molecule has 0 radical (unpaired) electrons. The molecule has 3 aromatic rings. The van der Waals surface area contributed by atoms with Crippen molar-refractivity contribution in [1.82, 2.24) is 9.78 Å². The van der Waals surface area contributed by atoms with Gasteiger partial charge in [0.15, 0.2) is 0 Å². The summed E-state index contributed by atoms with van der Waals surface area (Å²) < 4.78 is 6.45. The molecule has 0 saturated carbocycles. The lowest BCUT2D eigenvalue weighted by atomic mass is 9.87. The zero-order valence-electron chi connectivity index (χ0n) is 18.0. The van der Waals surface area contributed by atoms with Crippen LogP contribution in [0.1, 0.15) is 39.3 Å². The molecule has 1 aromatic heterocycles. The Balaban J connectivity index is 1.82. The summed E-state index contributed by atoms with van der Waals surface area (Å²) in [7, 11) is 1.59. The number of carbonyl (C=O) groups is 1. The van der Waals surface area contributed by atoms with Gasteiger partial charge in [0.1, 0.15) is 11.8 Å². The zero-order valence-corrected chi connectivity index (χ0v) is 18.0. The number of anilines is 1. The van der Waals surface area contributed by atoms with Crippen molar-refractivity contribution < 1.29 is 9.53 Å². The van der Waals surface area contributed by atoms with Crippen LogP contribution in [0.25, 0.3) is 11.3 Å². The van der Waals surface area contributed by atoms with Gasteiger partial charge >= 0.3 is 0 Å². The van der Waals surface area contributed by atoms with E-state index in [1.54, 1.807) is 20.1 Å². The normalized spacial score (nSPS) is 12.3. The maximum Gasteiger partial charge on any atom is 0.267 e. The van der Waals surface area contributed by atoms with E-state index in [9.17, 15) is 9.59 Å². The Morgan fingerprint density at radius 3 is 2.40 bits per heavy atom. The van der Waals surface area contributed by atoms with Gasteiger partial charge in [-0.3, -0.25) is 9.59 Å². The minimum absolute atomic E-state index is 0.0353. The summed E-state index contributed by atoms with van der Waals surface area (Å²) in [6.07, 6.45) is 0. The van der Waals surface area contributed by atoms with Gasteiger partial charge in [0.05, 0.1) is 12.8 Å². The number of ether oxygens (including phenoxy) is 1. The second-order valence-electron chi connectivity index (χ2n) is 8.23. The summed E-state index contributed by atoms with van der Waals surface area (Å²) >= 11 is 0. The lowest BCUT2D eigenvalue weighted by Gasteiger charge is -2.19. The third-order valence-corrected chi connectivity index (χ3v) is 4.96. The Hall–Kier alpha value is -3.41. The topological polar surface area (TPSA) is 73.2 Å². The zero-order chi connectivity index (χ0) is 21.9. The quantitative estimate of drug-likeness (QED) is 0.682. The van der Waals surface area contributed by atoms with Crippen LogP contribution in [0.4, 0.5) is 5.69 Å². The molecule has 0 bridgehead atoms. The van der Waals surface area contributed by atoms with E-state index in [-0.39, 0.29) is 16.9 Å². The SMILES string of the molecule is COc1cccc(-c2ccc(=O)n(C(C)C(=O)Nc3ccc(C(C)(C)C)cc3)n2)c1. The molecule has 2 aromatic carbocycles. The fourth-order valence-electron chi connectivity index (χ4n) is 3.05. The van der Waals surface area contributed by atoms with E-state index in [1.165, 1.54) is 16.3 Å². The molecule has 6 heteroatoms. The second kappa shape index (κ2) is 8.53. The van der Waals surface area contributed by atoms with Gasteiger partial charge in [0.2, 0.25) is 5.91 Å². The van der Waals surface area contributed by atoms with Crippen LogP contribution in [0.5, 0.6) is 5.75 Å². The van der Waals surface area contributed by atoms with Crippen LogP contribution < -0.4 is 15.6 Å². The van der Waals surface area contributed by atoms with Crippen molar-refractivity contribution in [2.75, 3.05) is 12.4 Å². The average molecular weight is 405 g/mol.